The second-order valence-corrected chi connectivity index (χ2v) is 10.4. The molecule has 3 aliphatic rings. The van der Waals surface area contributed by atoms with Crippen LogP contribution in [-0.2, 0) is 14.8 Å². The predicted molar refractivity (Wildman–Crippen MR) is 117 cm³/mol. The molecule has 2 fully saturated rings. The first-order valence-corrected chi connectivity index (χ1v) is 12.9. The first-order chi connectivity index (χ1) is 15.0. The first kappa shape index (κ1) is 22.4. The van der Waals surface area contributed by atoms with Crippen molar-refractivity contribution in [3.05, 3.63) is 18.2 Å². The molecule has 3 heterocycles. The lowest BCUT2D eigenvalue weighted by Gasteiger charge is -2.35. The number of hydrogen-bond acceptors (Lipinski definition) is 6. The smallest absolute Gasteiger partial charge is 0.243 e. The van der Waals surface area contributed by atoms with Crippen molar-refractivity contribution in [1.29, 1.82) is 0 Å². The fourth-order valence-electron chi connectivity index (χ4n) is 4.39. The third-order valence-corrected chi connectivity index (χ3v) is 8.15. The summed E-state index contributed by atoms with van der Waals surface area (Å²) in [6.45, 7) is 4.93. The standard InChI is InChI=1S/C22H33N3O5S/c26-22(18-23-9-4-2-1-3-5-10-23)24-11-13-25(14-12-24)31(27,28)19-7-8-20-21(17-19)30-16-6-15-29-20/h7-8,17H,1-6,9-16,18H2. The molecule has 0 spiro atoms. The van der Waals surface area contributed by atoms with E-state index in [2.05, 4.69) is 4.90 Å². The number of rotatable bonds is 4. The maximum atomic E-state index is 13.1. The van der Waals surface area contributed by atoms with E-state index in [0.29, 0.717) is 57.4 Å². The Bertz CT molecular complexity index is 860. The lowest BCUT2D eigenvalue weighted by molar-refractivity contribution is -0.133. The summed E-state index contributed by atoms with van der Waals surface area (Å²) in [6.07, 6.45) is 6.83. The van der Waals surface area contributed by atoms with Gasteiger partial charge < -0.3 is 14.4 Å². The van der Waals surface area contributed by atoms with Crippen molar-refractivity contribution >= 4 is 15.9 Å². The molecule has 0 radical (unpaired) electrons. The summed E-state index contributed by atoms with van der Waals surface area (Å²) in [7, 11) is -3.64. The Balaban J connectivity index is 1.34. The minimum atomic E-state index is -3.64. The van der Waals surface area contributed by atoms with Crippen molar-refractivity contribution < 1.29 is 22.7 Å². The van der Waals surface area contributed by atoms with E-state index in [1.165, 1.54) is 23.6 Å². The molecule has 3 aliphatic heterocycles. The molecule has 8 nitrogen and oxygen atoms in total. The van der Waals surface area contributed by atoms with Gasteiger partial charge >= 0.3 is 0 Å². The van der Waals surface area contributed by atoms with E-state index in [1.54, 1.807) is 23.1 Å². The van der Waals surface area contributed by atoms with Gasteiger partial charge in [0.25, 0.3) is 0 Å². The minimum Gasteiger partial charge on any atom is -0.490 e. The number of ether oxygens (including phenoxy) is 2. The van der Waals surface area contributed by atoms with Crippen LogP contribution in [0.1, 0.15) is 38.5 Å². The molecule has 0 aliphatic carbocycles. The molecule has 0 atom stereocenters. The number of fused-ring (bicyclic) bond motifs is 1. The molecule has 2 saturated heterocycles. The molecule has 172 valence electrons. The van der Waals surface area contributed by atoms with E-state index >= 15 is 0 Å². The Labute approximate surface area is 185 Å². The highest BCUT2D eigenvalue weighted by Crippen LogP contribution is 2.33. The zero-order valence-corrected chi connectivity index (χ0v) is 18.9. The van der Waals surface area contributed by atoms with Crippen LogP contribution >= 0.6 is 0 Å². The number of piperazine rings is 1. The summed E-state index contributed by atoms with van der Waals surface area (Å²) >= 11 is 0. The highest BCUT2D eigenvalue weighted by Gasteiger charge is 2.31. The molecule has 4 rings (SSSR count). The Hall–Kier alpha value is -1.84. The molecule has 0 N–H and O–H groups in total. The van der Waals surface area contributed by atoms with E-state index in [0.717, 1.165) is 32.4 Å². The SMILES string of the molecule is O=C(CN1CCCCCCC1)N1CCN(S(=O)(=O)c2ccc3c(c2)OCCCO3)CC1. The van der Waals surface area contributed by atoms with Gasteiger partial charge in [0.1, 0.15) is 0 Å². The van der Waals surface area contributed by atoms with Crippen LogP contribution in [0, 0.1) is 0 Å². The highest BCUT2D eigenvalue weighted by molar-refractivity contribution is 7.89. The molecule has 1 aromatic carbocycles. The van der Waals surface area contributed by atoms with Gasteiger partial charge in [-0.25, -0.2) is 8.42 Å². The van der Waals surface area contributed by atoms with Crippen LogP contribution < -0.4 is 9.47 Å². The Morgan fingerprint density at radius 1 is 0.806 bits per heavy atom. The molecule has 31 heavy (non-hydrogen) atoms. The number of likely N-dealkylation sites (tertiary alicyclic amines) is 1. The van der Waals surface area contributed by atoms with Crippen molar-refractivity contribution in [3.8, 4) is 11.5 Å². The van der Waals surface area contributed by atoms with Crippen LogP contribution in [0.2, 0.25) is 0 Å². The molecule has 0 unspecified atom stereocenters. The summed E-state index contributed by atoms with van der Waals surface area (Å²) in [4.78, 5) is 17.0. The molecule has 1 amide bonds. The summed E-state index contributed by atoms with van der Waals surface area (Å²) in [5.41, 5.74) is 0. The topological polar surface area (TPSA) is 79.4 Å². The average molecular weight is 452 g/mol. The van der Waals surface area contributed by atoms with Gasteiger partial charge in [0.2, 0.25) is 15.9 Å². The van der Waals surface area contributed by atoms with Crippen molar-refractivity contribution in [2.45, 2.75) is 43.4 Å². The molecule has 0 aromatic heterocycles. The van der Waals surface area contributed by atoms with Gasteiger partial charge in [-0.3, -0.25) is 9.69 Å². The van der Waals surface area contributed by atoms with E-state index in [9.17, 15) is 13.2 Å². The van der Waals surface area contributed by atoms with Gasteiger partial charge in [-0.1, -0.05) is 19.3 Å². The second kappa shape index (κ2) is 10.2. The van der Waals surface area contributed by atoms with Crippen LogP contribution in [0.4, 0.5) is 0 Å². The normalized spacial score (nSPS) is 21.7. The van der Waals surface area contributed by atoms with Gasteiger partial charge in [-0.2, -0.15) is 4.31 Å². The van der Waals surface area contributed by atoms with Gasteiger partial charge in [-0.15, -0.1) is 0 Å². The quantitative estimate of drug-likeness (QED) is 0.696. The van der Waals surface area contributed by atoms with Crippen LogP contribution in [0.3, 0.4) is 0 Å². The molecule has 0 saturated carbocycles. The van der Waals surface area contributed by atoms with Crippen molar-refractivity contribution in [1.82, 2.24) is 14.1 Å². The summed E-state index contributed by atoms with van der Waals surface area (Å²) in [5.74, 6) is 1.16. The summed E-state index contributed by atoms with van der Waals surface area (Å²) < 4.78 is 39.0. The molecule has 9 heteroatoms. The van der Waals surface area contributed by atoms with Gasteiger partial charge in [0.15, 0.2) is 11.5 Å². The average Bonchev–Trinajstić information content (AvgIpc) is 3.00. The van der Waals surface area contributed by atoms with E-state index < -0.39 is 10.0 Å². The molecule has 1 aromatic rings. The number of sulfonamides is 1. The Morgan fingerprint density at radius 3 is 2.16 bits per heavy atom. The van der Waals surface area contributed by atoms with E-state index in [-0.39, 0.29) is 10.8 Å². The lowest BCUT2D eigenvalue weighted by Crippen LogP contribution is -2.52. The number of benzene rings is 1. The van der Waals surface area contributed by atoms with Crippen LogP contribution in [0.5, 0.6) is 11.5 Å². The molecule has 0 bridgehead atoms. The zero-order chi connectivity index (χ0) is 21.7. The lowest BCUT2D eigenvalue weighted by atomic mass is 10.1. The fourth-order valence-corrected chi connectivity index (χ4v) is 5.83. The Morgan fingerprint density at radius 2 is 1.45 bits per heavy atom. The number of nitrogens with zero attached hydrogens (tertiary/aromatic N) is 3. The van der Waals surface area contributed by atoms with Crippen molar-refractivity contribution in [3.63, 3.8) is 0 Å². The zero-order valence-electron chi connectivity index (χ0n) is 18.1. The fraction of sp³-hybridized carbons (Fsp3) is 0.682. The van der Waals surface area contributed by atoms with E-state index in [1.807, 2.05) is 0 Å². The summed E-state index contributed by atoms with van der Waals surface area (Å²) in [5, 5.41) is 0. The number of amides is 1. The Kier molecular flexibility index (Phi) is 7.35. The molecular weight excluding hydrogens is 418 g/mol. The van der Waals surface area contributed by atoms with Crippen molar-refractivity contribution in [2.75, 3.05) is 59.0 Å². The van der Waals surface area contributed by atoms with Crippen LogP contribution in [0.15, 0.2) is 23.1 Å². The maximum absolute atomic E-state index is 13.1. The maximum Gasteiger partial charge on any atom is 0.243 e. The number of hydrogen-bond donors (Lipinski definition) is 0. The summed E-state index contributed by atoms with van der Waals surface area (Å²) in [6, 6.07) is 4.79. The van der Waals surface area contributed by atoms with Crippen LogP contribution in [-0.4, -0.2) is 87.5 Å². The molecular formula is C22H33N3O5S. The largest absolute Gasteiger partial charge is 0.490 e. The van der Waals surface area contributed by atoms with Crippen molar-refractivity contribution in [2.24, 2.45) is 0 Å². The van der Waals surface area contributed by atoms with Crippen LogP contribution in [0.25, 0.3) is 0 Å². The van der Waals surface area contributed by atoms with E-state index in [4.69, 9.17) is 9.47 Å². The number of carbonyl (C=O) groups is 1. The second-order valence-electron chi connectivity index (χ2n) is 8.49. The predicted octanol–water partition coefficient (Wildman–Crippen LogP) is 1.95. The first-order valence-electron chi connectivity index (χ1n) is 11.4. The highest BCUT2D eigenvalue weighted by atomic mass is 32.2. The third kappa shape index (κ3) is 5.51. The van der Waals surface area contributed by atoms with Gasteiger partial charge in [0.05, 0.1) is 24.7 Å². The minimum absolute atomic E-state index is 0.105. The van der Waals surface area contributed by atoms with Gasteiger partial charge in [0, 0.05) is 38.7 Å². The van der Waals surface area contributed by atoms with Gasteiger partial charge in [-0.05, 0) is 38.1 Å². The third-order valence-electron chi connectivity index (χ3n) is 6.26. The number of carbonyl (C=O) groups excluding carboxylic acids is 1. The monoisotopic (exact) mass is 451 g/mol.